The molecule has 1 aliphatic rings. The van der Waals surface area contributed by atoms with E-state index in [1.165, 1.54) is 17.7 Å². The number of thioether (sulfide) groups is 1. The van der Waals surface area contributed by atoms with E-state index in [4.69, 9.17) is 5.73 Å². The molecule has 0 radical (unpaired) electrons. The standard InChI is InChI=1S/C12H17N5S2/c1-2-9(13)11(10-4-3-7-18-10)19-12-14-15-16-17(12)8-5-6-8/h3-4,7-9,11H,2,5-6,13H2,1H3. The Kier molecular flexibility index (Phi) is 3.86. The van der Waals surface area contributed by atoms with E-state index in [0.717, 1.165) is 11.6 Å². The van der Waals surface area contributed by atoms with Gasteiger partial charge in [0, 0.05) is 10.9 Å². The van der Waals surface area contributed by atoms with Crippen LogP contribution in [0, 0.1) is 0 Å². The fourth-order valence-electron chi connectivity index (χ4n) is 1.95. The monoisotopic (exact) mass is 295 g/mol. The fraction of sp³-hybridized carbons (Fsp3) is 0.583. The lowest BCUT2D eigenvalue weighted by molar-refractivity contribution is 0.561. The second-order valence-corrected chi connectivity index (χ2v) is 6.85. The predicted octanol–water partition coefficient (Wildman–Crippen LogP) is 2.64. The molecule has 7 heteroatoms. The number of rotatable bonds is 6. The number of tetrazole rings is 1. The number of aromatic nitrogens is 4. The largest absolute Gasteiger partial charge is 0.326 e. The quantitative estimate of drug-likeness (QED) is 0.830. The van der Waals surface area contributed by atoms with Crippen LogP contribution in [-0.2, 0) is 0 Å². The molecule has 0 spiro atoms. The molecule has 2 heterocycles. The minimum Gasteiger partial charge on any atom is -0.326 e. The van der Waals surface area contributed by atoms with Crippen molar-refractivity contribution >= 4 is 23.1 Å². The number of hydrogen-bond donors (Lipinski definition) is 1. The zero-order valence-corrected chi connectivity index (χ0v) is 12.4. The lowest BCUT2D eigenvalue weighted by atomic mass is 10.1. The van der Waals surface area contributed by atoms with Crippen molar-refractivity contribution in [1.82, 2.24) is 20.2 Å². The molecule has 1 aliphatic carbocycles. The van der Waals surface area contributed by atoms with Gasteiger partial charge < -0.3 is 5.73 Å². The number of thiophene rings is 1. The maximum atomic E-state index is 6.27. The van der Waals surface area contributed by atoms with Gasteiger partial charge in [0.25, 0.3) is 0 Å². The summed E-state index contributed by atoms with van der Waals surface area (Å²) in [5.74, 6) is 0. The third-order valence-corrected chi connectivity index (χ3v) is 5.71. The molecule has 19 heavy (non-hydrogen) atoms. The van der Waals surface area contributed by atoms with Crippen LogP contribution in [0.25, 0.3) is 0 Å². The summed E-state index contributed by atoms with van der Waals surface area (Å²) in [6.07, 6.45) is 3.31. The minimum absolute atomic E-state index is 0.119. The molecule has 1 fully saturated rings. The third kappa shape index (κ3) is 2.82. The Bertz CT molecular complexity index is 520. The summed E-state index contributed by atoms with van der Waals surface area (Å²) in [7, 11) is 0. The molecule has 2 atom stereocenters. The first-order chi connectivity index (χ1) is 9.29. The molecule has 0 bridgehead atoms. The van der Waals surface area contributed by atoms with Gasteiger partial charge in [0.1, 0.15) is 0 Å². The van der Waals surface area contributed by atoms with E-state index in [1.54, 1.807) is 23.1 Å². The summed E-state index contributed by atoms with van der Waals surface area (Å²) in [5, 5.41) is 15.3. The van der Waals surface area contributed by atoms with E-state index in [1.807, 2.05) is 4.68 Å². The molecule has 2 aromatic heterocycles. The topological polar surface area (TPSA) is 69.6 Å². The van der Waals surface area contributed by atoms with Crippen molar-refractivity contribution in [2.24, 2.45) is 5.73 Å². The van der Waals surface area contributed by atoms with E-state index in [2.05, 4.69) is 40.0 Å². The predicted molar refractivity (Wildman–Crippen MR) is 77.3 cm³/mol. The molecular weight excluding hydrogens is 278 g/mol. The molecule has 0 aliphatic heterocycles. The summed E-state index contributed by atoms with van der Waals surface area (Å²) in [6, 6.07) is 4.83. The van der Waals surface area contributed by atoms with Crippen LogP contribution < -0.4 is 5.73 Å². The van der Waals surface area contributed by atoms with Gasteiger partial charge in [-0.25, -0.2) is 4.68 Å². The summed E-state index contributed by atoms with van der Waals surface area (Å²) in [6.45, 7) is 2.12. The van der Waals surface area contributed by atoms with E-state index in [0.29, 0.717) is 6.04 Å². The maximum Gasteiger partial charge on any atom is 0.210 e. The van der Waals surface area contributed by atoms with Crippen LogP contribution in [-0.4, -0.2) is 26.2 Å². The molecule has 102 valence electrons. The van der Waals surface area contributed by atoms with Crippen molar-refractivity contribution in [3.8, 4) is 0 Å². The van der Waals surface area contributed by atoms with Crippen LogP contribution >= 0.6 is 23.1 Å². The van der Waals surface area contributed by atoms with Crippen molar-refractivity contribution in [2.75, 3.05) is 0 Å². The first-order valence-electron chi connectivity index (χ1n) is 6.53. The molecule has 0 amide bonds. The molecule has 3 rings (SSSR count). The first kappa shape index (κ1) is 13.1. The van der Waals surface area contributed by atoms with Crippen molar-refractivity contribution < 1.29 is 0 Å². The normalized spacial score (nSPS) is 18.4. The zero-order chi connectivity index (χ0) is 13.2. The van der Waals surface area contributed by atoms with Crippen LogP contribution in [0.4, 0.5) is 0 Å². The zero-order valence-electron chi connectivity index (χ0n) is 10.8. The highest BCUT2D eigenvalue weighted by atomic mass is 32.2. The van der Waals surface area contributed by atoms with Crippen LogP contribution in [0.5, 0.6) is 0 Å². The van der Waals surface area contributed by atoms with E-state index in [9.17, 15) is 0 Å². The van der Waals surface area contributed by atoms with Crippen LogP contribution in [0.15, 0.2) is 22.7 Å². The van der Waals surface area contributed by atoms with Crippen molar-refractivity contribution in [1.29, 1.82) is 0 Å². The highest BCUT2D eigenvalue weighted by Crippen LogP contribution is 2.42. The highest BCUT2D eigenvalue weighted by molar-refractivity contribution is 7.99. The van der Waals surface area contributed by atoms with Crippen LogP contribution in [0.3, 0.4) is 0 Å². The number of hydrogen-bond acceptors (Lipinski definition) is 6. The highest BCUT2D eigenvalue weighted by Gasteiger charge is 2.30. The van der Waals surface area contributed by atoms with Gasteiger partial charge in [-0.05, 0) is 41.1 Å². The Labute approximate surface area is 120 Å². The second-order valence-electron chi connectivity index (χ2n) is 4.76. The summed E-state index contributed by atoms with van der Waals surface area (Å²) < 4.78 is 1.95. The van der Waals surface area contributed by atoms with E-state index in [-0.39, 0.29) is 11.3 Å². The molecule has 1 saturated carbocycles. The smallest absolute Gasteiger partial charge is 0.210 e. The molecule has 2 N–H and O–H groups in total. The van der Waals surface area contributed by atoms with Gasteiger partial charge in [-0.3, -0.25) is 0 Å². The van der Waals surface area contributed by atoms with Gasteiger partial charge in [-0.2, -0.15) is 0 Å². The Morgan fingerprint density at radius 3 is 3.05 bits per heavy atom. The Morgan fingerprint density at radius 2 is 2.42 bits per heavy atom. The van der Waals surface area contributed by atoms with E-state index < -0.39 is 0 Å². The summed E-state index contributed by atoms with van der Waals surface area (Å²) in [5.41, 5.74) is 6.27. The molecule has 2 aromatic rings. The van der Waals surface area contributed by atoms with Gasteiger partial charge >= 0.3 is 0 Å². The SMILES string of the molecule is CCC(N)C(Sc1nnnn1C1CC1)c1cccs1. The molecular formula is C12H17N5S2. The molecule has 0 saturated heterocycles. The van der Waals surface area contributed by atoms with E-state index >= 15 is 0 Å². The number of nitrogens with two attached hydrogens (primary N) is 1. The van der Waals surface area contributed by atoms with Gasteiger partial charge in [0.2, 0.25) is 5.16 Å². The van der Waals surface area contributed by atoms with Crippen LogP contribution in [0.1, 0.15) is 42.4 Å². The minimum atomic E-state index is 0.119. The number of nitrogens with zero attached hydrogens (tertiary/aromatic N) is 4. The Balaban J connectivity index is 1.82. The lowest BCUT2D eigenvalue weighted by Crippen LogP contribution is -2.25. The molecule has 0 aromatic carbocycles. The summed E-state index contributed by atoms with van der Waals surface area (Å²) >= 11 is 3.44. The van der Waals surface area contributed by atoms with Gasteiger partial charge in [0.05, 0.1) is 11.3 Å². The van der Waals surface area contributed by atoms with Crippen molar-refractivity contribution in [3.05, 3.63) is 22.4 Å². The van der Waals surface area contributed by atoms with Crippen molar-refractivity contribution in [2.45, 2.75) is 48.7 Å². The second kappa shape index (κ2) is 5.60. The average Bonchev–Trinajstić information content (AvgIpc) is 2.94. The maximum absolute atomic E-state index is 6.27. The van der Waals surface area contributed by atoms with Gasteiger partial charge in [-0.15, -0.1) is 16.4 Å². The molecule has 5 nitrogen and oxygen atoms in total. The summed E-state index contributed by atoms with van der Waals surface area (Å²) in [4.78, 5) is 1.30. The third-order valence-electron chi connectivity index (χ3n) is 3.27. The fourth-order valence-corrected chi connectivity index (χ4v) is 4.21. The first-order valence-corrected chi connectivity index (χ1v) is 8.29. The average molecular weight is 295 g/mol. The van der Waals surface area contributed by atoms with Crippen molar-refractivity contribution in [3.63, 3.8) is 0 Å². The lowest BCUT2D eigenvalue weighted by Gasteiger charge is -2.20. The Morgan fingerprint density at radius 1 is 1.58 bits per heavy atom. The molecule has 2 unspecified atom stereocenters. The van der Waals surface area contributed by atoms with Crippen LogP contribution in [0.2, 0.25) is 0 Å². The van der Waals surface area contributed by atoms with Gasteiger partial charge in [-0.1, -0.05) is 24.8 Å². The van der Waals surface area contributed by atoms with Gasteiger partial charge in [0.15, 0.2) is 0 Å². The Hall–Kier alpha value is -0.920.